The molecule has 0 bridgehead atoms. The highest BCUT2D eigenvalue weighted by Crippen LogP contribution is 2.22. The van der Waals surface area contributed by atoms with Gasteiger partial charge in [0.1, 0.15) is 5.75 Å². The van der Waals surface area contributed by atoms with Gasteiger partial charge in [-0.1, -0.05) is 19.1 Å². The Morgan fingerprint density at radius 2 is 2.13 bits per heavy atom. The van der Waals surface area contributed by atoms with Crippen LogP contribution in [-0.2, 0) is 22.4 Å². The zero-order valence-electron chi connectivity index (χ0n) is 9.12. The third-order valence-corrected chi connectivity index (χ3v) is 2.26. The van der Waals surface area contributed by atoms with Crippen molar-refractivity contribution in [3.8, 4) is 5.75 Å². The molecule has 0 fully saturated rings. The molecular weight excluding hydrogens is 192 g/mol. The number of rotatable bonds is 4. The van der Waals surface area contributed by atoms with Gasteiger partial charge in [0.05, 0.1) is 13.0 Å². The van der Waals surface area contributed by atoms with E-state index in [1.807, 2.05) is 13.0 Å². The van der Waals surface area contributed by atoms with Crippen molar-refractivity contribution in [1.82, 2.24) is 0 Å². The fraction of sp³-hybridized carbons (Fsp3) is 0.417. The van der Waals surface area contributed by atoms with Gasteiger partial charge in [-0.15, -0.1) is 0 Å². The van der Waals surface area contributed by atoms with E-state index < -0.39 is 0 Å². The number of benzene rings is 1. The van der Waals surface area contributed by atoms with Crippen LogP contribution in [0.4, 0.5) is 0 Å². The molecule has 0 saturated heterocycles. The predicted molar refractivity (Wildman–Crippen MR) is 57.8 cm³/mol. The molecule has 3 heteroatoms. The number of aromatic hydroxyl groups is 1. The van der Waals surface area contributed by atoms with E-state index in [9.17, 15) is 9.90 Å². The molecule has 0 aromatic heterocycles. The maximum Gasteiger partial charge on any atom is 0.310 e. The summed E-state index contributed by atoms with van der Waals surface area (Å²) in [6, 6.07) is 5.28. The normalized spacial score (nSPS) is 10.0. The van der Waals surface area contributed by atoms with E-state index in [4.69, 9.17) is 4.74 Å². The van der Waals surface area contributed by atoms with Crippen molar-refractivity contribution in [1.29, 1.82) is 0 Å². The van der Waals surface area contributed by atoms with Crippen LogP contribution < -0.4 is 0 Å². The molecule has 0 spiro atoms. The molecule has 0 radical (unpaired) electrons. The molecule has 0 unspecified atom stereocenters. The molecule has 82 valence electrons. The minimum Gasteiger partial charge on any atom is -0.508 e. The average molecular weight is 208 g/mol. The summed E-state index contributed by atoms with van der Waals surface area (Å²) in [5.74, 6) is -0.129. The van der Waals surface area contributed by atoms with Gasteiger partial charge >= 0.3 is 5.97 Å². The van der Waals surface area contributed by atoms with Crippen LogP contribution in [0.25, 0.3) is 0 Å². The predicted octanol–water partition coefficient (Wildman–Crippen LogP) is 2.06. The van der Waals surface area contributed by atoms with E-state index in [2.05, 4.69) is 0 Å². The zero-order chi connectivity index (χ0) is 11.3. The highest BCUT2D eigenvalue weighted by Gasteiger charge is 2.11. The largest absolute Gasteiger partial charge is 0.508 e. The van der Waals surface area contributed by atoms with Crippen LogP contribution >= 0.6 is 0 Å². The first-order chi connectivity index (χ1) is 7.19. The van der Waals surface area contributed by atoms with E-state index in [0.29, 0.717) is 12.2 Å². The number of carbonyl (C=O) groups is 1. The highest BCUT2D eigenvalue weighted by molar-refractivity contribution is 5.74. The SMILES string of the molecule is CCOC(=O)Cc1c(O)cccc1CC. The monoisotopic (exact) mass is 208 g/mol. The zero-order valence-corrected chi connectivity index (χ0v) is 9.12. The summed E-state index contributed by atoms with van der Waals surface area (Å²) in [4.78, 5) is 11.3. The van der Waals surface area contributed by atoms with Crippen LogP contribution in [0.3, 0.4) is 0 Å². The first-order valence-electron chi connectivity index (χ1n) is 5.14. The summed E-state index contributed by atoms with van der Waals surface area (Å²) < 4.78 is 4.85. The minimum atomic E-state index is -0.298. The molecule has 0 heterocycles. The molecule has 0 saturated carbocycles. The van der Waals surface area contributed by atoms with Gasteiger partial charge in [0.25, 0.3) is 0 Å². The summed E-state index contributed by atoms with van der Waals surface area (Å²) in [6.45, 7) is 4.13. The van der Waals surface area contributed by atoms with Gasteiger partial charge < -0.3 is 9.84 Å². The van der Waals surface area contributed by atoms with Crippen molar-refractivity contribution in [3.05, 3.63) is 29.3 Å². The number of ether oxygens (including phenoxy) is 1. The van der Waals surface area contributed by atoms with Crippen LogP contribution in [0.1, 0.15) is 25.0 Å². The molecule has 0 aliphatic rings. The lowest BCUT2D eigenvalue weighted by Gasteiger charge is -2.09. The standard InChI is InChI=1S/C12H16O3/c1-3-9-6-5-7-11(13)10(9)8-12(14)15-4-2/h5-7,13H,3-4,8H2,1-2H3. The Morgan fingerprint density at radius 1 is 1.40 bits per heavy atom. The van der Waals surface area contributed by atoms with E-state index in [1.165, 1.54) is 0 Å². The molecule has 1 aromatic carbocycles. The Labute approximate surface area is 89.7 Å². The average Bonchev–Trinajstić information content (AvgIpc) is 2.21. The second kappa shape index (κ2) is 5.39. The quantitative estimate of drug-likeness (QED) is 0.770. The first-order valence-corrected chi connectivity index (χ1v) is 5.14. The Bertz CT molecular complexity index is 345. The summed E-state index contributed by atoms with van der Waals surface area (Å²) in [5.41, 5.74) is 1.67. The lowest BCUT2D eigenvalue weighted by Crippen LogP contribution is -2.09. The molecule has 15 heavy (non-hydrogen) atoms. The van der Waals surface area contributed by atoms with Crippen LogP contribution in [0.2, 0.25) is 0 Å². The second-order valence-electron chi connectivity index (χ2n) is 3.25. The van der Waals surface area contributed by atoms with Gasteiger partial charge in [0, 0.05) is 5.56 Å². The molecule has 0 amide bonds. The number of esters is 1. The first kappa shape index (κ1) is 11.6. The molecule has 3 nitrogen and oxygen atoms in total. The van der Waals surface area contributed by atoms with Crippen molar-refractivity contribution in [3.63, 3.8) is 0 Å². The van der Waals surface area contributed by atoms with E-state index in [0.717, 1.165) is 12.0 Å². The van der Waals surface area contributed by atoms with Gasteiger partial charge in [-0.2, -0.15) is 0 Å². The van der Waals surface area contributed by atoms with Crippen LogP contribution in [0.15, 0.2) is 18.2 Å². The van der Waals surface area contributed by atoms with Crippen molar-refractivity contribution >= 4 is 5.97 Å². The highest BCUT2D eigenvalue weighted by atomic mass is 16.5. The van der Waals surface area contributed by atoms with E-state index in [-0.39, 0.29) is 18.1 Å². The lowest BCUT2D eigenvalue weighted by molar-refractivity contribution is -0.142. The van der Waals surface area contributed by atoms with Crippen molar-refractivity contribution in [2.75, 3.05) is 6.61 Å². The number of hydrogen-bond acceptors (Lipinski definition) is 3. The van der Waals surface area contributed by atoms with Crippen LogP contribution in [0, 0.1) is 0 Å². The molecule has 1 aromatic rings. The van der Waals surface area contributed by atoms with Crippen molar-refractivity contribution < 1.29 is 14.6 Å². The number of phenols is 1. The van der Waals surface area contributed by atoms with E-state index in [1.54, 1.807) is 19.1 Å². The number of carbonyl (C=O) groups excluding carboxylic acids is 1. The van der Waals surface area contributed by atoms with Crippen molar-refractivity contribution in [2.24, 2.45) is 0 Å². The third kappa shape index (κ3) is 2.98. The van der Waals surface area contributed by atoms with Crippen LogP contribution in [-0.4, -0.2) is 17.7 Å². The van der Waals surface area contributed by atoms with Crippen LogP contribution in [0.5, 0.6) is 5.75 Å². The van der Waals surface area contributed by atoms with Crippen molar-refractivity contribution in [2.45, 2.75) is 26.7 Å². The Balaban J connectivity index is 2.87. The maximum atomic E-state index is 11.3. The second-order valence-corrected chi connectivity index (χ2v) is 3.25. The number of hydrogen-bond donors (Lipinski definition) is 1. The summed E-state index contributed by atoms with van der Waals surface area (Å²) in [7, 11) is 0. The molecule has 1 N–H and O–H groups in total. The fourth-order valence-electron chi connectivity index (χ4n) is 1.51. The van der Waals surface area contributed by atoms with Gasteiger partial charge in [-0.3, -0.25) is 4.79 Å². The lowest BCUT2D eigenvalue weighted by atomic mass is 10.0. The molecule has 0 aliphatic carbocycles. The van der Waals surface area contributed by atoms with Gasteiger partial charge in [-0.05, 0) is 25.0 Å². The summed E-state index contributed by atoms with van der Waals surface area (Å²) >= 11 is 0. The number of aryl methyl sites for hydroxylation is 1. The summed E-state index contributed by atoms with van der Waals surface area (Å²) in [5, 5.41) is 9.63. The minimum absolute atomic E-state index is 0.143. The smallest absolute Gasteiger partial charge is 0.310 e. The van der Waals surface area contributed by atoms with Gasteiger partial charge in [0.2, 0.25) is 0 Å². The van der Waals surface area contributed by atoms with Gasteiger partial charge in [0.15, 0.2) is 0 Å². The molecule has 0 aliphatic heterocycles. The Morgan fingerprint density at radius 3 is 2.73 bits per heavy atom. The molecule has 0 atom stereocenters. The third-order valence-electron chi connectivity index (χ3n) is 2.26. The van der Waals surface area contributed by atoms with Gasteiger partial charge in [-0.25, -0.2) is 0 Å². The maximum absolute atomic E-state index is 11.3. The number of phenolic OH excluding ortho intramolecular Hbond substituents is 1. The van der Waals surface area contributed by atoms with E-state index >= 15 is 0 Å². The molecule has 1 rings (SSSR count). The Hall–Kier alpha value is -1.51. The summed E-state index contributed by atoms with van der Waals surface area (Å²) in [6.07, 6.45) is 0.937. The molecular formula is C12H16O3. The topological polar surface area (TPSA) is 46.5 Å². The fourth-order valence-corrected chi connectivity index (χ4v) is 1.51. The Kier molecular flexibility index (Phi) is 4.16.